The van der Waals surface area contributed by atoms with Crippen molar-refractivity contribution in [2.45, 2.75) is 25.3 Å². The van der Waals surface area contributed by atoms with Crippen LogP contribution in [0.5, 0.6) is 0 Å². The van der Waals surface area contributed by atoms with Gasteiger partial charge in [-0.25, -0.2) is 0 Å². The van der Waals surface area contributed by atoms with Crippen molar-refractivity contribution in [3.63, 3.8) is 0 Å². The Morgan fingerprint density at radius 2 is 2.00 bits per heavy atom. The van der Waals surface area contributed by atoms with Crippen molar-refractivity contribution in [3.05, 3.63) is 0 Å². The minimum atomic E-state index is -0.585. The number of ether oxygens (including phenoxy) is 1. The summed E-state index contributed by atoms with van der Waals surface area (Å²) >= 11 is 0. The molecule has 3 atom stereocenters. The summed E-state index contributed by atoms with van der Waals surface area (Å²) in [7, 11) is 0. The van der Waals surface area contributed by atoms with E-state index in [1.54, 1.807) is 0 Å². The van der Waals surface area contributed by atoms with Crippen LogP contribution in [0.25, 0.3) is 0 Å². The van der Waals surface area contributed by atoms with Crippen molar-refractivity contribution < 1.29 is 14.6 Å². The molecule has 2 saturated heterocycles. The lowest BCUT2D eigenvalue weighted by molar-refractivity contribution is -0.144. The minimum absolute atomic E-state index is 0.0929. The zero-order valence-corrected chi connectivity index (χ0v) is 11.5. The first kappa shape index (κ1) is 13.3. The molecule has 0 amide bonds. The molecule has 3 aliphatic rings. The highest BCUT2D eigenvalue weighted by Crippen LogP contribution is 2.39. The van der Waals surface area contributed by atoms with Crippen LogP contribution >= 0.6 is 0 Å². The number of morpholine rings is 1. The second-order valence-corrected chi connectivity index (χ2v) is 6.12. The standard InChI is InChI=1S/C14H24N2O3/c17-14(18)13-2-1-12-9-11(13)10-16(12)4-3-15-5-7-19-8-6-15/h11-13H,1-10H2,(H,17,18). The van der Waals surface area contributed by atoms with Gasteiger partial charge in [0.25, 0.3) is 0 Å². The van der Waals surface area contributed by atoms with Crippen molar-refractivity contribution in [2.24, 2.45) is 11.8 Å². The molecular formula is C14H24N2O3. The zero-order valence-electron chi connectivity index (χ0n) is 11.5. The van der Waals surface area contributed by atoms with Crippen LogP contribution in [0.4, 0.5) is 0 Å². The molecule has 2 bridgehead atoms. The third-order valence-electron chi connectivity index (χ3n) is 5.06. The van der Waals surface area contributed by atoms with Gasteiger partial charge in [-0.3, -0.25) is 14.6 Å². The number of carbonyl (C=O) groups is 1. The highest BCUT2D eigenvalue weighted by molar-refractivity contribution is 5.70. The largest absolute Gasteiger partial charge is 0.481 e. The van der Waals surface area contributed by atoms with E-state index in [2.05, 4.69) is 9.80 Å². The highest BCUT2D eigenvalue weighted by Gasteiger charge is 2.43. The lowest BCUT2D eigenvalue weighted by atomic mass is 9.80. The molecule has 0 spiro atoms. The van der Waals surface area contributed by atoms with Crippen molar-refractivity contribution in [3.8, 4) is 0 Å². The first-order valence-electron chi connectivity index (χ1n) is 7.51. The number of hydrogen-bond acceptors (Lipinski definition) is 4. The van der Waals surface area contributed by atoms with Crippen molar-refractivity contribution in [1.29, 1.82) is 0 Å². The number of rotatable bonds is 4. The zero-order chi connectivity index (χ0) is 13.2. The lowest BCUT2D eigenvalue weighted by Gasteiger charge is -2.30. The van der Waals surface area contributed by atoms with Gasteiger partial charge in [0.1, 0.15) is 0 Å². The maximum absolute atomic E-state index is 11.2. The minimum Gasteiger partial charge on any atom is -0.481 e. The second kappa shape index (κ2) is 5.77. The molecule has 108 valence electrons. The maximum atomic E-state index is 11.2. The molecule has 0 radical (unpaired) electrons. The molecule has 19 heavy (non-hydrogen) atoms. The highest BCUT2D eigenvalue weighted by atomic mass is 16.5. The number of carboxylic acid groups (broad SMARTS) is 1. The quantitative estimate of drug-likeness (QED) is 0.805. The maximum Gasteiger partial charge on any atom is 0.306 e. The van der Waals surface area contributed by atoms with Crippen LogP contribution < -0.4 is 0 Å². The Bertz CT molecular complexity index is 331. The van der Waals surface area contributed by atoms with E-state index in [0.29, 0.717) is 12.0 Å². The van der Waals surface area contributed by atoms with Gasteiger partial charge >= 0.3 is 5.97 Å². The van der Waals surface area contributed by atoms with Crippen LogP contribution in [0.15, 0.2) is 0 Å². The number of nitrogens with zero attached hydrogens (tertiary/aromatic N) is 2. The molecule has 1 aliphatic carbocycles. The van der Waals surface area contributed by atoms with Gasteiger partial charge in [0.05, 0.1) is 19.1 Å². The Morgan fingerprint density at radius 3 is 2.74 bits per heavy atom. The molecular weight excluding hydrogens is 244 g/mol. The van der Waals surface area contributed by atoms with Crippen molar-refractivity contribution >= 4 is 5.97 Å². The summed E-state index contributed by atoms with van der Waals surface area (Å²) < 4.78 is 5.36. The van der Waals surface area contributed by atoms with E-state index in [-0.39, 0.29) is 5.92 Å². The summed E-state index contributed by atoms with van der Waals surface area (Å²) in [5.41, 5.74) is 0. The van der Waals surface area contributed by atoms with Crippen molar-refractivity contribution in [2.75, 3.05) is 45.9 Å². The molecule has 5 nitrogen and oxygen atoms in total. The Labute approximate surface area is 114 Å². The van der Waals surface area contributed by atoms with Crippen LogP contribution in [0.3, 0.4) is 0 Å². The molecule has 1 saturated carbocycles. The van der Waals surface area contributed by atoms with E-state index in [0.717, 1.165) is 65.2 Å². The predicted octanol–water partition coefficient (Wildman–Crippen LogP) is 0.504. The average Bonchev–Trinajstić information content (AvgIpc) is 2.74. The number of hydrogen-bond donors (Lipinski definition) is 1. The van der Waals surface area contributed by atoms with E-state index in [1.165, 1.54) is 0 Å². The molecule has 1 N–H and O–H groups in total. The van der Waals surface area contributed by atoms with Crippen molar-refractivity contribution in [1.82, 2.24) is 9.80 Å². The van der Waals surface area contributed by atoms with E-state index in [9.17, 15) is 9.90 Å². The van der Waals surface area contributed by atoms with E-state index >= 15 is 0 Å². The Kier molecular flexibility index (Phi) is 4.05. The molecule has 0 aromatic carbocycles. The van der Waals surface area contributed by atoms with Gasteiger partial charge in [0, 0.05) is 38.8 Å². The summed E-state index contributed by atoms with van der Waals surface area (Å²) in [6.45, 7) is 6.98. The van der Waals surface area contributed by atoms with Crippen LogP contribution in [0, 0.1) is 11.8 Å². The fraction of sp³-hybridized carbons (Fsp3) is 0.929. The van der Waals surface area contributed by atoms with E-state index in [1.807, 2.05) is 0 Å². The molecule has 3 rings (SSSR count). The number of fused-ring (bicyclic) bond motifs is 2. The Morgan fingerprint density at radius 1 is 1.21 bits per heavy atom. The van der Waals surface area contributed by atoms with Gasteiger partial charge < -0.3 is 9.84 Å². The molecule has 0 aromatic rings. The number of carboxylic acids is 1. The van der Waals surface area contributed by atoms with Crippen LogP contribution in [-0.4, -0.2) is 72.9 Å². The SMILES string of the molecule is O=C(O)C1CCC2CC1CN2CCN1CCOCC1. The summed E-state index contributed by atoms with van der Waals surface area (Å²) in [5, 5.41) is 9.24. The molecule has 2 aliphatic heterocycles. The average molecular weight is 268 g/mol. The lowest BCUT2D eigenvalue weighted by Crippen LogP contribution is -2.42. The summed E-state index contributed by atoms with van der Waals surface area (Å²) in [5.74, 6) is -0.288. The van der Waals surface area contributed by atoms with Crippen LogP contribution in [0.1, 0.15) is 19.3 Å². The van der Waals surface area contributed by atoms with E-state index < -0.39 is 5.97 Å². The van der Waals surface area contributed by atoms with Gasteiger partial charge in [-0.05, 0) is 25.2 Å². The van der Waals surface area contributed by atoms with E-state index in [4.69, 9.17) is 4.74 Å². The third kappa shape index (κ3) is 2.93. The van der Waals surface area contributed by atoms with Gasteiger partial charge in [0.15, 0.2) is 0 Å². The van der Waals surface area contributed by atoms with Gasteiger partial charge in [0.2, 0.25) is 0 Å². The monoisotopic (exact) mass is 268 g/mol. The normalized spacial score (nSPS) is 36.5. The van der Waals surface area contributed by atoms with Gasteiger partial charge in [-0.2, -0.15) is 0 Å². The fourth-order valence-corrected chi connectivity index (χ4v) is 3.92. The molecule has 3 unspecified atom stereocenters. The number of aliphatic carboxylic acids is 1. The Hall–Kier alpha value is -0.650. The summed E-state index contributed by atoms with van der Waals surface area (Å²) in [6, 6.07) is 0.640. The van der Waals surface area contributed by atoms with Crippen LogP contribution in [-0.2, 0) is 9.53 Å². The Balaban J connectivity index is 1.49. The first-order chi connectivity index (χ1) is 9.24. The molecule has 0 aromatic heterocycles. The third-order valence-corrected chi connectivity index (χ3v) is 5.06. The molecule has 2 heterocycles. The fourth-order valence-electron chi connectivity index (χ4n) is 3.92. The molecule has 3 fully saturated rings. The topological polar surface area (TPSA) is 53.0 Å². The van der Waals surface area contributed by atoms with Gasteiger partial charge in [-0.15, -0.1) is 0 Å². The summed E-state index contributed by atoms with van der Waals surface area (Å²) in [4.78, 5) is 16.2. The number of likely N-dealkylation sites (tertiary alicyclic amines) is 1. The summed E-state index contributed by atoms with van der Waals surface area (Å²) in [6.07, 6.45) is 3.04. The first-order valence-corrected chi connectivity index (χ1v) is 7.51. The second-order valence-electron chi connectivity index (χ2n) is 6.12. The van der Waals surface area contributed by atoms with Crippen LogP contribution in [0.2, 0.25) is 0 Å². The molecule has 5 heteroatoms. The smallest absolute Gasteiger partial charge is 0.306 e. The van der Waals surface area contributed by atoms with Gasteiger partial charge in [-0.1, -0.05) is 0 Å². The predicted molar refractivity (Wildman–Crippen MR) is 71.1 cm³/mol.